The smallest absolute Gasteiger partial charge is 0.253 e. The SMILES string of the molecule is COCCNC(=O)c1cc(-c2csc(COc3ccc(OC)cc3)n2)n(Cc2cccs2)c1C. The van der Waals surface area contributed by atoms with Gasteiger partial charge in [0.25, 0.3) is 5.91 Å². The number of carbonyl (C=O) groups is 1. The van der Waals surface area contributed by atoms with E-state index in [0.717, 1.165) is 33.6 Å². The van der Waals surface area contributed by atoms with Crippen molar-refractivity contribution in [1.82, 2.24) is 14.9 Å². The molecule has 4 aromatic rings. The van der Waals surface area contributed by atoms with Crippen molar-refractivity contribution in [3.63, 3.8) is 0 Å². The van der Waals surface area contributed by atoms with Gasteiger partial charge in [0.15, 0.2) is 0 Å². The Morgan fingerprint density at radius 1 is 1.12 bits per heavy atom. The fourth-order valence-corrected chi connectivity index (χ4v) is 4.91. The molecule has 0 aliphatic rings. The third-order valence-electron chi connectivity index (χ3n) is 5.33. The molecule has 3 aromatic heterocycles. The van der Waals surface area contributed by atoms with Crippen molar-refractivity contribution in [3.05, 3.63) is 74.4 Å². The predicted octanol–water partition coefficient (Wildman–Crippen LogP) is 4.99. The zero-order chi connectivity index (χ0) is 23.9. The van der Waals surface area contributed by atoms with Crippen LogP contribution in [0.4, 0.5) is 0 Å². The zero-order valence-corrected chi connectivity index (χ0v) is 21.0. The van der Waals surface area contributed by atoms with Gasteiger partial charge in [-0.3, -0.25) is 4.79 Å². The summed E-state index contributed by atoms with van der Waals surface area (Å²) in [4.78, 5) is 18.8. The summed E-state index contributed by atoms with van der Waals surface area (Å²) in [6.45, 7) is 3.95. The third kappa shape index (κ3) is 5.67. The van der Waals surface area contributed by atoms with Crippen LogP contribution in [-0.4, -0.2) is 42.8 Å². The van der Waals surface area contributed by atoms with E-state index >= 15 is 0 Å². The van der Waals surface area contributed by atoms with Gasteiger partial charge in [-0.05, 0) is 48.7 Å². The Morgan fingerprint density at radius 2 is 1.91 bits per heavy atom. The lowest BCUT2D eigenvalue weighted by Crippen LogP contribution is -2.27. The average Bonchev–Trinajstić information content (AvgIpc) is 3.60. The lowest BCUT2D eigenvalue weighted by Gasteiger charge is -2.10. The number of nitrogens with zero attached hydrogens (tertiary/aromatic N) is 2. The first kappa shape index (κ1) is 24.0. The highest BCUT2D eigenvalue weighted by atomic mass is 32.1. The molecule has 0 atom stereocenters. The maximum atomic E-state index is 12.8. The van der Waals surface area contributed by atoms with Crippen LogP contribution in [0, 0.1) is 6.92 Å². The fraction of sp³-hybridized carbons (Fsp3) is 0.280. The molecule has 0 saturated heterocycles. The van der Waals surface area contributed by atoms with Gasteiger partial charge in [-0.2, -0.15) is 0 Å². The summed E-state index contributed by atoms with van der Waals surface area (Å²) in [6.07, 6.45) is 0. The van der Waals surface area contributed by atoms with Crippen LogP contribution >= 0.6 is 22.7 Å². The molecule has 0 bridgehead atoms. The van der Waals surface area contributed by atoms with E-state index < -0.39 is 0 Å². The predicted molar refractivity (Wildman–Crippen MR) is 135 cm³/mol. The molecule has 1 N–H and O–H groups in total. The molecule has 178 valence electrons. The highest BCUT2D eigenvalue weighted by molar-refractivity contribution is 7.10. The van der Waals surface area contributed by atoms with Gasteiger partial charge in [0.1, 0.15) is 23.1 Å². The van der Waals surface area contributed by atoms with Crippen LogP contribution in [0.2, 0.25) is 0 Å². The molecule has 34 heavy (non-hydrogen) atoms. The number of benzene rings is 1. The van der Waals surface area contributed by atoms with Crippen LogP contribution in [0.1, 0.15) is 25.9 Å². The molecule has 3 heterocycles. The number of amides is 1. The number of hydrogen-bond acceptors (Lipinski definition) is 7. The lowest BCUT2D eigenvalue weighted by molar-refractivity contribution is 0.0936. The number of rotatable bonds is 11. The van der Waals surface area contributed by atoms with Gasteiger partial charge in [-0.25, -0.2) is 4.98 Å². The van der Waals surface area contributed by atoms with Crippen molar-refractivity contribution in [2.75, 3.05) is 27.4 Å². The fourth-order valence-electron chi connectivity index (χ4n) is 3.52. The molecule has 0 unspecified atom stereocenters. The molecule has 0 aliphatic heterocycles. The van der Waals surface area contributed by atoms with Gasteiger partial charge >= 0.3 is 0 Å². The third-order valence-corrected chi connectivity index (χ3v) is 7.02. The summed E-state index contributed by atoms with van der Waals surface area (Å²) in [5.74, 6) is 1.43. The lowest BCUT2D eigenvalue weighted by atomic mass is 10.2. The second kappa shape index (κ2) is 11.3. The number of ether oxygens (including phenoxy) is 3. The molecule has 0 spiro atoms. The van der Waals surface area contributed by atoms with E-state index in [1.54, 1.807) is 25.6 Å². The van der Waals surface area contributed by atoms with E-state index in [4.69, 9.17) is 19.2 Å². The second-order valence-corrected chi connectivity index (χ2v) is 9.51. The van der Waals surface area contributed by atoms with Gasteiger partial charge in [-0.1, -0.05) is 6.07 Å². The molecular formula is C25H27N3O4S2. The van der Waals surface area contributed by atoms with Gasteiger partial charge in [0, 0.05) is 29.6 Å². The number of hydrogen-bond donors (Lipinski definition) is 1. The molecule has 0 saturated carbocycles. The first-order valence-electron chi connectivity index (χ1n) is 10.8. The van der Waals surface area contributed by atoms with Crippen molar-refractivity contribution in [1.29, 1.82) is 0 Å². The standard InChI is InChI=1S/C25H27N3O4S2/c1-17-21(25(29)26-10-11-30-2)13-23(28(17)14-20-5-4-12-33-20)22-16-34-24(27-22)15-32-19-8-6-18(31-3)7-9-19/h4-9,12-13,16H,10-11,14-15H2,1-3H3,(H,26,29). The largest absolute Gasteiger partial charge is 0.497 e. The van der Waals surface area contributed by atoms with Gasteiger partial charge in [-0.15, -0.1) is 22.7 Å². The number of aromatic nitrogens is 2. The highest BCUT2D eigenvalue weighted by Gasteiger charge is 2.20. The average molecular weight is 498 g/mol. The van der Waals surface area contributed by atoms with E-state index in [-0.39, 0.29) is 5.91 Å². The minimum absolute atomic E-state index is 0.112. The van der Waals surface area contributed by atoms with Crippen molar-refractivity contribution in [2.45, 2.75) is 20.1 Å². The number of nitrogens with one attached hydrogen (secondary N) is 1. The van der Waals surface area contributed by atoms with Gasteiger partial charge in [0.2, 0.25) is 0 Å². The van der Waals surface area contributed by atoms with Crippen LogP contribution in [-0.2, 0) is 17.9 Å². The molecule has 1 amide bonds. The summed E-state index contributed by atoms with van der Waals surface area (Å²) in [5, 5.41) is 7.85. The number of thiazole rings is 1. The number of carbonyl (C=O) groups excluding carboxylic acids is 1. The Kier molecular flexibility index (Phi) is 7.99. The van der Waals surface area contributed by atoms with Gasteiger partial charge < -0.3 is 24.1 Å². The molecule has 7 nitrogen and oxygen atoms in total. The first-order valence-corrected chi connectivity index (χ1v) is 12.6. The summed E-state index contributed by atoms with van der Waals surface area (Å²) >= 11 is 3.23. The minimum Gasteiger partial charge on any atom is -0.497 e. The van der Waals surface area contributed by atoms with E-state index in [9.17, 15) is 4.79 Å². The van der Waals surface area contributed by atoms with Crippen LogP contribution < -0.4 is 14.8 Å². The summed E-state index contributed by atoms with van der Waals surface area (Å²) in [7, 11) is 3.25. The highest BCUT2D eigenvalue weighted by Crippen LogP contribution is 2.29. The van der Waals surface area contributed by atoms with Crippen LogP contribution in [0.15, 0.2) is 53.2 Å². The zero-order valence-electron chi connectivity index (χ0n) is 19.4. The quantitative estimate of drug-likeness (QED) is 0.296. The number of methoxy groups -OCH3 is 2. The summed E-state index contributed by atoms with van der Waals surface area (Å²) in [6, 6.07) is 13.5. The van der Waals surface area contributed by atoms with E-state index in [1.807, 2.05) is 48.7 Å². The monoisotopic (exact) mass is 497 g/mol. The number of thiophene rings is 1. The van der Waals surface area contributed by atoms with Crippen LogP contribution in [0.25, 0.3) is 11.4 Å². The summed E-state index contributed by atoms with van der Waals surface area (Å²) < 4.78 is 18.3. The maximum Gasteiger partial charge on any atom is 0.253 e. The molecule has 1 aromatic carbocycles. The topological polar surface area (TPSA) is 74.6 Å². The van der Waals surface area contributed by atoms with Crippen molar-refractivity contribution < 1.29 is 19.0 Å². The second-order valence-electron chi connectivity index (χ2n) is 7.53. The van der Waals surface area contributed by atoms with Crippen molar-refractivity contribution in [3.8, 4) is 22.9 Å². The van der Waals surface area contributed by atoms with E-state index in [0.29, 0.717) is 31.9 Å². The molecule has 0 fully saturated rings. The molecule has 4 rings (SSSR count). The minimum atomic E-state index is -0.112. The maximum absolute atomic E-state index is 12.8. The van der Waals surface area contributed by atoms with E-state index in [1.165, 1.54) is 16.2 Å². The Hall–Kier alpha value is -3.14. The van der Waals surface area contributed by atoms with Crippen LogP contribution in [0.3, 0.4) is 0 Å². The Balaban J connectivity index is 1.56. The summed E-state index contributed by atoms with van der Waals surface area (Å²) in [5.41, 5.74) is 3.29. The molecule has 0 aliphatic carbocycles. The molecule has 0 radical (unpaired) electrons. The van der Waals surface area contributed by atoms with Crippen LogP contribution in [0.5, 0.6) is 11.5 Å². The first-order chi connectivity index (χ1) is 16.6. The van der Waals surface area contributed by atoms with Crippen molar-refractivity contribution in [2.24, 2.45) is 0 Å². The van der Waals surface area contributed by atoms with Gasteiger partial charge in [0.05, 0.1) is 37.2 Å². The van der Waals surface area contributed by atoms with Crippen molar-refractivity contribution >= 4 is 28.6 Å². The molecule has 9 heteroatoms. The Bertz CT molecular complexity index is 1210. The molecular weight excluding hydrogens is 470 g/mol. The van der Waals surface area contributed by atoms with E-state index in [2.05, 4.69) is 21.3 Å². The Morgan fingerprint density at radius 3 is 2.62 bits per heavy atom. The normalized spacial score (nSPS) is 10.9. The Labute approximate surface area is 206 Å².